The van der Waals surface area contributed by atoms with Crippen LogP contribution < -0.4 is 10.1 Å². The number of hydrogen-bond acceptors (Lipinski definition) is 6. The molecule has 0 saturated carbocycles. The maximum absolute atomic E-state index is 11.9. The number of rotatable bonds is 5. The lowest BCUT2D eigenvalue weighted by Gasteiger charge is -2.33. The Labute approximate surface area is 173 Å². The van der Waals surface area contributed by atoms with Gasteiger partial charge in [0.05, 0.1) is 13.2 Å². The lowest BCUT2D eigenvalue weighted by atomic mass is 9.94. The van der Waals surface area contributed by atoms with Crippen LogP contribution in [0.4, 0.5) is 0 Å². The molecule has 30 heavy (non-hydrogen) atoms. The number of ether oxygens (including phenoxy) is 2. The van der Waals surface area contributed by atoms with Crippen molar-refractivity contribution in [1.29, 1.82) is 0 Å². The number of benzene rings is 1. The van der Waals surface area contributed by atoms with Crippen molar-refractivity contribution in [3.63, 3.8) is 0 Å². The predicted octanol–water partition coefficient (Wildman–Crippen LogP) is 1.89. The number of hydrogen-bond donors (Lipinski definition) is 3. The van der Waals surface area contributed by atoms with E-state index in [2.05, 4.69) is 22.1 Å². The number of amides is 1. The summed E-state index contributed by atoms with van der Waals surface area (Å²) in [6.45, 7) is 2.47. The van der Waals surface area contributed by atoms with Crippen LogP contribution in [-0.4, -0.2) is 52.4 Å². The highest BCUT2D eigenvalue weighted by molar-refractivity contribution is 5.96. The van der Waals surface area contributed by atoms with Gasteiger partial charge in [-0.1, -0.05) is 23.6 Å². The van der Waals surface area contributed by atoms with E-state index < -0.39 is 24.0 Å². The Kier molecular flexibility index (Phi) is 6.54. The Morgan fingerprint density at radius 3 is 2.60 bits per heavy atom. The average molecular weight is 410 g/mol. The fourth-order valence-electron chi connectivity index (χ4n) is 2.91. The van der Waals surface area contributed by atoms with Crippen molar-refractivity contribution in [3.8, 4) is 23.3 Å². The highest BCUT2D eigenvalue weighted by Crippen LogP contribution is 2.28. The molecule has 3 rings (SSSR count). The fraction of sp³-hybridized carbons (Fsp3) is 0.318. The monoisotopic (exact) mass is 410 g/mol. The minimum absolute atomic E-state index is 0.265. The van der Waals surface area contributed by atoms with Crippen LogP contribution in [0.25, 0.3) is 0 Å². The molecule has 1 aliphatic heterocycles. The SMILES string of the molecule is Cc1ccc(OC2(C#Cc3cnc(C(=O)NCC(=O)O)c(O)c3)CCOCC2)cc1. The number of carboxylic acid groups (broad SMARTS) is 1. The molecular formula is C22H22N2O6. The van der Waals surface area contributed by atoms with Gasteiger partial charge < -0.3 is 25.0 Å². The van der Waals surface area contributed by atoms with Crippen LogP contribution in [0, 0.1) is 18.8 Å². The lowest BCUT2D eigenvalue weighted by Crippen LogP contribution is -2.40. The van der Waals surface area contributed by atoms with Crippen molar-refractivity contribution >= 4 is 11.9 Å². The van der Waals surface area contributed by atoms with Crippen molar-refractivity contribution in [2.75, 3.05) is 19.8 Å². The Morgan fingerprint density at radius 2 is 1.97 bits per heavy atom. The summed E-state index contributed by atoms with van der Waals surface area (Å²) < 4.78 is 11.7. The van der Waals surface area contributed by atoms with Crippen LogP contribution >= 0.6 is 0 Å². The van der Waals surface area contributed by atoms with Gasteiger partial charge in [0.25, 0.3) is 5.91 Å². The highest BCUT2D eigenvalue weighted by Gasteiger charge is 2.33. The van der Waals surface area contributed by atoms with Crippen LogP contribution in [0.3, 0.4) is 0 Å². The third-order valence-corrected chi connectivity index (χ3v) is 4.55. The molecule has 2 aromatic rings. The van der Waals surface area contributed by atoms with Crippen LogP contribution in [0.15, 0.2) is 36.5 Å². The van der Waals surface area contributed by atoms with E-state index in [1.807, 2.05) is 31.2 Å². The maximum Gasteiger partial charge on any atom is 0.322 e. The quantitative estimate of drug-likeness (QED) is 0.644. The fourth-order valence-corrected chi connectivity index (χ4v) is 2.91. The lowest BCUT2D eigenvalue weighted by molar-refractivity contribution is -0.135. The number of aromatic nitrogens is 1. The summed E-state index contributed by atoms with van der Waals surface area (Å²) in [6.07, 6.45) is 2.52. The first-order chi connectivity index (χ1) is 14.4. The largest absolute Gasteiger partial charge is 0.505 e. The first-order valence-electron chi connectivity index (χ1n) is 9.42. The maximum atomic E-state index is 11.9. The zero-order valence-corrected chi connectivity index (χ0v) is 16.5. The summed E-state index contributed by atoms with van der Waals surface area (Å²) in [5.41, 5.74) is 0.531. The summed E-state index contributed by atoms with van der Waals surface area (Å²) in [6, 6.07) is 9.03. The second kappa shape index (κ2) is 9.29. The van der Waals surface area contributed by atoms with E-state index >= 15 is 0 Å². The Hall–Kier alpha value is -3.57. The van der Waals surface area contributed by atoms with Gasteiger partial charge in [0, 0.05) is 24.6 Å². The zero-order valence-electron chi connectivity index (χ0n) is 16.5. The third-order valence-electron chi connectivity index (χ3n) is 4.55. The number of carbonyl (C=O) groups excluding carboxylic acids is 1. The van der Waals surface area contributed by atoms with Crippen LogP contribution in [-0.2, 0) is 9.53 Å². The van der Waals surface area contributed by atoms with E-state index in [9.17, 15) is 14.7 Å². The van der Waals surface area contributed by atoms with Crippen molar-refractivity contribution in [2.24, 2.45) is 0 Å². The van der Waals surface area contributed by atoms with Gasteiger partial charge in [0.15, 0.2) is 11.3 Å². The minimum Gasteiger partial charge on any atom is -0.505 e. The summed E-state index contributed by atoms with van der Waals surface area (Å²) in [5, 5.41) is 20.9. The molecule has 2 heterocycles. The minimum atomic E-state index is -1.19. The number of carbonyl (C=O) groups is 2. The van der Waals surface area contributed by atoms with Gasteiger partial charge in [-0.2, -0.15) is 0 Å². The highest BCUT2D eigenvalue weighted by atomic mass is 16.5. The average Bonchev–Trinajstić information content (AvgIpc) is 2.73. The van der Waals surface area contributed by atoms with E-state index in [0.29, 0.717) is 37.4 Å². The number of carboxylic acids is 1. The third kappa shape index (κ3) is 5.49. The smallest absolute Gasteiger partial charge is 0.322 e. The molecule has 1 amide bonds. The molecule has 0 bridgehead atoms. The predicted molar refractivity (Wildman–Crippen MR) is 107 cm³/mol. The normalized spacial score (nSPS) is 14.8. The summed E-state index contributed by atoms with van der Waals surface area (Å²) >= 11 is 0. The molecule has 3 N–H and O–H groups in total. The van der Waals surface area contributed by atoms with Gasteiger partial charge in [-0.15, -0.1) is 0 Å². The Bertz CT molecular complexity index is 985. The standard InChI is InChI=1S/C22H22N2O6/c1-15-2-4-17(5-3-15)30-22(8-10-29-11-9-22)7-6-16-12-18(25)20(23-13-16)21(28)24-14-19(26)27/h2-5,12-13,25H,8-11,14H2,1H3,(H,24,28)(H,26,27). The molecule has 0 spiro atoms. The van der Waals surface area contributed by atoms with Crippen molar-refractivity contribution in [3.05, 3.63) is 53.3 Å². The van der Waals surface area contributed by atoms with E-state index in [-0.39, 0.29) is 11.4 Å². The number of aliphatic carboxylic acids is 1. The molecule has 8 heteroatoms. The summed E-state index contributed by atoms with van der Waals surface area (Å²) in [5.74, 6) is 4.47. The first-order valence-corrected chi connectivity index (χ1v) is 9.42. The van der Waals surface area contributed by atoms with Crippen molar-refractivity contribution in [2.45, 2.75) is 25.4 Å². The Balaban J connectivity index is 1.80. The molecule has 1 saturated heterocycles. The van der Waals surface area contributed by atoms with Crippen molar-refractivity contribution in [1.82, 2.24) is 10.3 Å². The zero-order chi connectivity index (χ0) is 21.6. The molecule has 0 atom stereocenters. The molecule has 8 nitrogen and oxygen atoms in total. The summed E-state index contributed by atoms with van der Waals surface area (Å²) in [7, 11) is 0. The second-order valence-corrected chi connectivity index (χ2v) is 6.94. The first kappa shape index (κ1) is 21.1. The number of pyridine rings is 1. The number of nitrogens with zero attached hydrogens (tertiary/aromatic N) is 1. The molecule has 1 fully saturated rings. The molecule has 0 radical (unpaired) electrons. The molecule has 0 unspecified atom stereocenters. The van der Waals surface area contributed by atoms with E-state index in [1.165, 1.54) is 12.3 Å². The molecule has 1 aromatic carbocycles. The molecule has 0 aliphatic carbocycles. The summed E-state index contributed by atoms with van der Waals surface area (Å²) in [4.78, 5) is 26.4. The van der Waals surface area contributed by atoms with Crippen LogP contribution in [0.2, 0.25) is 0 Å². The topological polar surface area (TPSA) is 118 Å². The van der Waals surface area contributed by atoms with Crippen LogP contribution in [0.1, 0.15) is 34.5 Å². The van der Waals surface area contributed by atoms with Gasteiger partial charge in [-0.25, -0.2) is 4.98 Å². The Morgan fingerprint density at radius 1 is 1.27 bits per heavy atom. The number of aryl methyl sites for hydroxylation is 1. The molecule has 1 aromatic heterocycles. The van der Waals surface area contributed by atoms with E-state index in [4.69, 9.17) is 14.6 Å². The van der Waals surface area contributed by atoms with Gasteiger partial charge in [0.2, 0.25) is 0 Å². The van der Waals surface area contributed by atoms with Gasteiger partial charge in [0.1, 0.15) is 18.0 Å². The number of nitrogens with one attached hydrogen (secondary N) is 1. The second-order valence-electron chi connectivity index (χ2n) is 6.94. The molecule has 1 aliphatic rings. The van der Waals surface area contributed by atoms with E-state index in [0.717, 1.165) is 5.56 Å². The number of aromatic hydroxyl groups is 1. The molecule has 156 valence electrons. The van der Waals surface area contributed by atoms with Crippen molar-refractivity contribution < 1.29 is 29.3 Å². The van der Waals surface area contributed by atoms with Crippen LogP contribution in [0.5, 0.6) is 11.5 Å². The van der Waals surface area contributed by atoms with E-state index in [1.54, 1.807) is 0 Å². The van der Waals surface area contributed by atoms with Gasteiger partial charge in [-0.05, 0) is 31.0 Å². The van der Waals surface area contributed by atoms with Gasteiger partial charge >= 0.3 is 5.97 Å². The van der Waals surface area contributed by atoms with Gasteiger partial charge in [-0.3, -0.25) is 9.59 Å². The molecular weight excluding hydrogens is 388 g/mol.